The molecule has 2 aliphatic heterocycles. The van der Waals surface area contributed by atoms with Gasteiger partial charge in [0.05, 0.1) is 5.92 Å². The molecule has 3 unspecified atom stereocenters. The monoisotopic (exact) mass is 384 g/mol. The van der Waals surface area contributed by atoms with Gasteiger partial charge in [-0.2, -0.15) is 0 Å². The Hall–Kier alpha value is -2.85. The normalized spacial score (nSPS) is 25.4. The summed E-state index contributed by atoms with van der Waals surface area (Å²) in [5, 5.41) is 11.2. The largest absolute Gasteiger partial charge is 0.335 e. The molecule has 2 fully saturated rings. The summed E-state index contributed by atoms with van der Waals surface area (Å²) < 4.78 is 1.52. The van der Waals surface area contributed by atoms with Crippen LogP contribution in [0.2, 0.25) is 0 Å². The van der Waals surface area contributed by atoms with E-state index < -0.39 is 6.04 Å². The second kappa shape index (κ2) is 7.64. The molecular formula is C18H24N8O2. The maximum absolute atomic E-state index is 13.2. The van der Waals surface area contributed by atoms with Crippen molar-refractivity contribution in [3.8, 4) is 0 Å². The van der Waals surface area contributed by atoms with Crippen molar-refractivity contribution in [2.45, 2.75) is 32.6 Å². The highest BCUT2D eigenvalue weighted by molar-refractivity contribution is 5.89. The third-order valence-electron chi connectivity index (χ3n) is 5.41. The number of nitrogens with zero attached hydrogens (tertiary/aromatic N) is 6. The van der Waals surface area contributed by atoms with E-state index in [0.29, 0.717) is 26.2 Å². The van der Waals surface area contributed by atoms with Crippen molar-refractivity contribution in [2.24, 2.45) is 5.92 Å². The number of hydrazine groups is 1. The number of amides is 2. The maximum Gasteiger partial charge on any atom is 0.245 e. The summed E-state index contributed by atoms with van der Waals surface area (Å²) in [6.45, 7) is 5.88. The van der Waals surface area contributed by atoms with Gasteiger partial charge in [0, 0.05) is 26.2 Å². The second-order valence-corrected chi connectivity index (χ2v) is 7.32. The SMILES string of the molecule is Cc1cccc(CN2CCN(C(=O)C3CNNC3n3cnnn3)C(C)C2=O)c1. The Kier molecular flexibility index (Phi) is 5.05. The minimum Gasteiger partial charge on any atom is -0.335 e. The lowest BCUT2D eigenvalue weighted by atomic mass is 10.0. The van der Waals surface area contributed by atoms with Crippen LogP contribution in [0.15, 0.2) is 30.6 Å². The van der Waals surface area contributed by atoms with Gasteiger partial charge in [0.2, 0.25) is 11.8 Å². The summed E-state index contributed by atoms with van der Waals surface area (Å²) in [6, 6.07) is 7.64. The molecule has 0 radical (unpaired) electrons. The smallest absolute Gasteiger partial charge is 0.245 e. The van der Waals surface area contributed by atoms with E-state index >= 15 is 0 Å². The van der Waals surface area contributed by atoms with Crippen molar-refractivity contribution in [2.75, 3.05) is 19.6 Å². The van der Waals surface area contributed by atoms with Crippen LogP contribution in [0.5, 0.6) is 0 Å². The van der Waals surface area contributed by atoms with Gasteiger partial charge in [0.15, 0.2) is 0 Å². The van der Waals surface area contributed by atoms with E-state index in [4.69, 9.17) is 0 Å². The van der Waals surface area contributed by atoms with Gasteiger partial charge in [-0.05, 0) is 29.8 Å². The van der Waals surface area contributed by atoms with Crippen LogP contribution in [-0.4, -0.2) is 67.5 Å². The molecular weight excluding hydrogens is 360 g/mol. The topological polar surface area (TPSA) is 108 Å². The highest BCUT2D eigenvalue weighted by Gasteiger charge is 2.42. The number of carbonyl (C=O) groups is 2. The van der Waals surface area contributed by atoms with Crippen LogP contribution in [0.3, 0.4) is 0 Å². The molecule has 0 aliphatic carbocycles. The number of aromatic nitrogens is 4. The molecule has 1 aromatic heterocycles. The van der Waals surface area contributed by atoms with E-state index in [1.807, 2.05) is 30.0 Å². The predicted octanol–water partition coefficient (Wildman–Crippen LogP) is -0.536. The molecule has 3 atom stereocenters. The summed E-state index contributed by atoms with van der Waals surface area (Å²) in [5.41, 5.74) is 8.29. The van der Waals surface area contributed by atoms with Gasteiger partial charge in [-0.1, -0.05) is 29.8 Å². The Morgan fingerprint density at radius 2 is 2.18 bits per heavy atom. The van der Waals surface area contributed by atoms with Crippen molar-refractivity contribution in [1.29, 1.82) is 0 Å². The first kappa shape index (κ1) is 18.5. The van der Waals surface area contributed by atoms with Gasteiger partial charge in [0.1, 0.15) is 18.5 Å². The molecule has 28 heavy (non-hydrogen) atoms. The Labute approximate surface area is 162 Å². The summed E-state index contributed by atoms with van der Waals surface area (Å²) in [5.74, 6) is -0.491. The number of tetrazole rings is 1. The number of piperazine rings is 1. The zero-order valence-electron chi connectivity index (χ0n) is 15.9. The first-order valence-electron chi connectivity index (χ1n) is 9.40. The van der Waals surface area contributed by atoms with Crippen LogP contribution in [0.1, 0.15) is 24.2 Å². The van der Waals surface area contributed by atoms with Crippen LogP contribution in [0, 0.1) is 12.8 Å². The summed E-state index contributed by atoms with van der Waals surface area (Å²) in [6.07, 6.45) is 1.09. The van der Waals surface area contributed by atoms with Crippen LogP contribution < -0.4 is 10.9 Å². The lowest BCUT2D eigenvalue weighted by molar-refractivity contribution is -0.153. The fraction of sp³-hybridized carbons (Fsp3) is 0.500. The highest BCUT2D eigenvalue weighted by Crippen LogP contribution is 2.23. The van der Waals surface area contributed by atoms with Gasteiger partial charge >= 0.3 is 0 Å². The quantitative estimate of drug-likeness (QED) is 0.729. The van der Waals surface area contributed by atoms with Gasteiger partial charge in [-0.15, -0.1) is 5.10 Å². The minimum atomic E-state index is -0.499. The molecule has 2 N–H and O–H groups in total. The molecule has 2 amide bonds. The van der Waals surface area contributed by atoms with Crippen LogP contribution >= 0.6 is 0 Å². The van der Waals surface area contributed by atoms with Crippen molar-refractivity contribution in [3.05, 3.63) is 41.7 Å². The highest BCUT2D eigenvalue weighted by atomic mass is 16.2. The maximum atomic E-state index is 13.2. The molecule has 0 saturated carbocycles. The molecule has 10 heteroatoms. The molecule has 10 nitrogen and oxygen atoms in total. The van der Waals surface area contributed by atoms with Gasteiger partial charge in [0.25, 0.3) is 0 Å². The lowest BCUT2D eigenvalue weighted by Crippen LogP contribution is -2.59. The van der Waals surface area contributed by atoms with E-state index in [1.165, 1.54) is 16.6 Å². The zero-order chi connectivity index (χ0) is 19.7. The van der Waals surface area contributed by atoms with Crippen molar-refractivity contribution in [3.63, 3.8) is 0 Å². The van der Waals surface area contributed by atoms with Crippen LogP contribution in [0.25, 0.3) is 0 Å². The third kappa shape index (κ3) is 3.48. The van der Waals surface area contributed by atoms with Crippen LogP contribution in [0.4, 0.5) is 0 Å². The molecule has 2 aromatic rings. The number of hydrogen-bond acceptors (Lipinski definition) is 7. The Balaban J connectivity index is 1.44. The summed E-state index contributed by atoms with van der Waals surface area (Å²) >= 11 is 0. The molecule has 2 aliphatic rings. The van der Waals surface area contributed by atoms with Crippen molar-refractivity contribution in [1.82, 2.24) is 40.9 Å². The van der Waals surface area contributed by atoms with Crippen molar-refractivity contribution >= 4 is 11.8 Å². The molecule has 2 saturated heterocycles. The molecule has 0 bridgehead atoms. The number of nitrogens with one attached hydrogen (secondary N) is 2. The summed E-state index contributed by atoms with van der Waals surface area (Å²) in [4.78, 5) is 29.6. The Morgan fingerprint density at radius 1 is 1.32 bits per heavy atom. The second-order valence-electron chi connectivity index (χ2n) is 7.32. The number of carbonyl (C=O) groups excluding carboxylic acids is 2. The van der Waals surface area contributed by atoms with E-state index in [-0.39, 0.29) is 23.9 Å². The number of aryl methyl sites for hydroxylation is 1. The molecule has 3 heterocycles. The summed E-state index contributed by atoms with van der Waals surface area (Å²) in [7, 11) is 0. The number of rotatable bonds is 4. The Morgan fingerprint density at radius 3 is 2.93 bits per heavy atom. The Bertz CT molecular complexity index is 855. The fourth-order valence-electron chi connectivity index (χ4n) is 3.89. The van der Waals surface area contributed by atoms with Crippen LogP contribution in [-0.2, 0) is 16.1 Å². The standard InChI is InChI=1S/C18H24N8O2/c1-12-4-3-5-14(8-12)10-24-6-7-25(13(2)17(24)27)18(28)15-9-19-21-16(15)26-11-20-22-23-26/h3-5,8,11,13,15-16,19,21H,6-7,9-10H2,1-2H3. The average molecular weight is 384 g/mol. The molecule has 148 valence electrons. The van der Waals surface area contributed by atoms with E-state index in [9.17, 15) is 9.59 Å². The molecule has 4 rings (SSSR count). The number of benzene rings is 1. The average Bonchev–Trinajstić information content (AvgIpc) is 3.36. The van der Waals surface area contributed by atoms with E-state index in [0.717, 1.165) is 5.56 Å². The van der Waals surface area contributed by atoms with Gasteiger partial charge in [-0.25, -0.2) is 10.1 Å². The first-order valence-corrected chi connectivity index (χ1v) is 9.40. The number of hydrogen-bond donors (Lipinski definition) is 2. The first-order chi connectivity index (χ1) is 13.5. The molecule has 0 spiro atoms. The molecule has 1 aromatic carbocycles. The zero-order valence-corrected chi connectivity index (χ0v) is 15.9. The third-order valence-corrected chi connectivity index (χ3v) is 5.41. The van der Waals surface area contributed by atoms with E-state index in [1.54, 1.807) is 11.8 Å². The fourth-order valence-corrected chi connectivity index (χ4v) is 3.89. The predicted molar refractivity (Wildman–Crippen MR) is 99.3 cm³/mol. The van der Waals surface area contributed by atoms with Gasteiger partial charge in [-0.3, -0.25) is 15.0 Å². The lowest BCUT2D eigenvalue weighted by Gasteiger charge is -2.40. The minimum absolute atomic E-state index is 0.0287. The van der Waals surface area contributed by atoms with E-state index in [2.05, 4.69) is 32.4 Å². The van der Waals surface area contributed by atoms with Gasteiger partial charge < -0.3 is 9.80 Å². The van der Waals surface area contributed by atoms with Crippen molar-refractivity contribution < 1.29 is 9.59 Å².